The lowest BCUT2D eigenvalue weighted by atomic mass is 9.93. The maximum absolute atomic E-state index is 15.2. The van der Waals surface area contributed by atoms with Gasteiger partial charge in [0.1, 0.15) is 54.4 Å². The minimum absolute atomic E-state index is 0.0321. The summed E-state index contributed by atoms with van der Waals surface area (Å²) in [6, 6.07) is -11.9. The number of nitrogens with one attached hydrogen (secondary N) is 3. The minimum atomic E-state index is -1.46. The molecule has 4 N–H and O–H groups in total. The van der Waals surface area contributed by atoms with Gasteiger partial charge in [0.15, 0.2) is 12.1 Å². The zero-order valence-electron chi connectivity index (χ0n) is 56.0. The molecule has 85 heavy (non-hydrogen) atoms. The molecule has 0 spiro atoms. The number of Topliss-reactive ketones (excluding diaryl/α,β-unsaturated/α-hetero) is 1. The van der Waals surface area contributed by atoms with Gasteiger partial charge in [-0.15, -0.1) is 0 Å². The fraction of sp³-hybridized carbons (Fsp3) is 0.823. The minimum Gasteiger partial charge on any atom is -0.368 e. The number of likely N-dealkylation sites (N-methyl/N-ethyl adjacent to an activating group) is 7. The number of hydrogen-bond acceptors (Lipinski definition) is 13. The van der Waals surface area contributed by atoms with Crippen molar-refractivity contribution < 1.29 is 62.6 Å². The fourth-order valence-electron chi connectivity index (χ4n) is 11.5. The highest BCUT2D eigenvalue weighted by molar-refractivity contribution is 6.00. The van der Waals surface area contributed by atoms with E-state index in [2.05, 4.69) is 16.0 Å². The van der Waals surface area contributed by atoms with Gasteiger partial charge in [-0.3, -0.25) is 52.7 Å². The van der Waals surface area contributed by atoms with Crippen molar-refractivity contribution in [2.75, 3.05) is 49.3 Å². The fourth-order valence-corrected chi connectivity index (χ4v) is 11.5. The topological polar surface area (TPSA) is 276 Å². The van der Waals surface area contributed by atoms with Crippen molar-refractivity contribution in [2.24, 2.45) is 47.3 Å². The van der Waals surface area contributed by atoms with E-state index in [1.165, 1.54) is 97.5 Å². The number of carbonyl (C=O) groups excluding carboxylic acids is 11. The Hall–Kier alpha value is -5.71. The van der Waals surface area contributed by atoms with Crippen LogP contribution in [0.1, 0.15) is 163 Å². The number of aliphatic hydroxyl groups excluding tert-OH is 1. The Labute approximate surface area is 508 Å². The van der Waals surface area contributed by atoms with Crippen LogP contribution in [-0.4, -0.2) is 226 Å². The van der Waals surface area contributed by atoms with Crippen LogP contribution in [0, 0.1) is 47.3 Å². The van der Waals surface area contributed by atoms with E-state index in [4.69, 9.17) is 4.74 Å². The Kier molecular flexibility index (Phi) is 29.1. The average Bonchev–Trinajstić information content (AvgIpc) is 4.05. The van der Waals surface area contributed by atoms with Crippen LogP contribution in [0.25, 0.3) is 0 Å². The molecule has 10 amide bonds. The van der Waals surface area contributed by atoms with Crippen molar-refractivity contribution in [1.82, 2.24) is 50.2 Å². The molecule has 0 saturated carbocycles. The molecular formula is C62H110N10O13. The number of rotatable bonds is 12. The highest BCUT2D eigenvalue weighted by atomic mass is 16.6. The van der Waals surface area contributed by atoms with Crippen molar-refractivity contribution in [3.05, 3.63) is 0 Å². The first-order valence-electron chi connectivity index (χ1n) is 30.8. The third-order valence-corrected chi connectivity index (χ3v) is 17.0. The van der Waals surface area contributed by atoms with Gasteiger partial charge in [-0.25, -0.2) is 0 Å². The molecule has 2 aliphatic heterocycles. The van der Waals surface area contributed by atoms with Crippen LogP contribution >= 0.6 is 0 Å². The van der Waals surface area contributed by atoms with Crippen LogP contribution in [0.4, 0.5) is 0 Å². The van der Waals surface area contributed by atoms with Gasteiger partial charge >= 0.3 is 0 Å². The van der Waals surface area contributed by atoms with E-state index in [0.29, 0.717) is 0 Å². The van der Waals surface area contributed by atoms with E-state index in [0.717, 1.165) is 0 Å². The molecule has 14 atom stereocenters. The summed E-state index contributed by atoms with van der Waals surface area (Å²) in [5, 5.41) is 19.2. The van der Waals surface area contributed by atoms with Crippen LogP contribution in [0.5, 0.6) is 0 Å². The van der Waals surface area contributed by atoms with Crippen LogP contribution in [0.3, 0.4) is 0 Å². The van der Waals surface area contributed by atoms with E-state index in [1.54, 1.807) is 48.5 Å². The number of ether oxygens (including phenoxy) is 1. The summed E-state index contributed by atoms with van der Waals surface area (Å²) in [6.45, 7) is 29.9. The Morgan fingerprint density at radius 2 is 0.894 bits per heavy atom. The normalized spacial score (nSPS) is 30.6. The molecule has 0 aromatic heterocycles. The highest BCUT2D eigenvalue weighted by Crippen LogP contribution is 2.31. The van der Waals surface area contributed by atoms with E-state index in [9.17, 15) is 48.3 Å². The zero-order valence-corrected chi connectivity index (χ0v) is 56.0. The molecule has 2 aliphatic rings. The lowest BCUT2D eigenvalue weighted by Crippen LogP contribution is -2.63. The van der Waals surface area contributed by atoms with Crippen molar-refractivity contribution in [3.63, 3.8) is 0 Å². The first-order valence-corrected chi connectivity index (χ1v) is 30.8. The second-order valence-electron chi connectivity index (χ2n) is 26.8. The molecule has 2 heterocycles. The van der Waals surface area contributed by atoms with Crippen molar-refractivity contribution in [1.29, 1.82) is 0 Å². The molecule has 23 nitrogen and oxygen atoms in total. The van der Waals surface area contributed by atoms with Gasteiger partial charge in [0, 0.05) is 68.1 Å². The van der Waals surface area contributed by atoms with E-state index >= 15 is 9.59 Å². The molecule has 2 saturated heterocycles. The third-order valence-electron chi connectivity index (χ3n) is 17.0. The molecule has 0 aromatic carbocycles. The van der Waals surface area contributed by atoms with Crippen molar-refractivity contribution >= 4 is 64.9 Å². The van der Waals surface area contributed by atoms with Crippen LogP contribution < -0.4 is 16.0 Å². The number of nitrogens with zero attached hydrogens (tertiary/aromatic N) is 7. The predicted octanol–water partition coefficient (Wildman–Crippen LogP) is 3.53. The second-order valence-corrected chi connectivity index (χ2v) is 26.8. The van der Waals surface area contributed by atoms with Crippen molar-refractivity contribution in [3.8, 4) is 0 Å². The van der Waals surface area contributed by atoms with Crippen LogP contribution in [0.2, 0.25) is 0 Å². The highest BCUT2D eigenvalue weighted by Gasteiger charge is 2.49. The summed E-state index contributed by atoms with van der Waals surface area (Å²) in [7, 11) is 10.1. The van der Waals surface area contributed by atoms with E-state index in [1.807, 2.05) is 55.4 Å². The standard InChI is InChI=1S/C62H110N10O13/c1-25-42-58(80)66(18)41(17)57(79)67(19)44(27-33(4)5)54(76)65-49(36(10)11)61(83)68(20)43(26-32(2)3)53(75)63-40(16)47(73)30-39(15)56(78)69(21)45(28-34(6)7)59(81)70(22)46(29-35(8)9)60(82)71(23)50(37(12)13)62(84)72(24)51(55(77)64-42)52-38(14)31-48(74)85-52/h32-46,48-52,74H,25-31H2,1-24H3,(H,63,75)(H,64,77)(H,65,76)/t38-,39-,40-,41-,42-,43-,44+,45+,46-,48?,49-,50-,51-,52-/m1/s1. The molecule has 0 bridgehead atoms. The van der Waals surface area contributed by atoms with Crippen molar-refractivity contribution in [2.45, 2.75) is 235 Å². The average molecular weight is 1200 g/mol. The number of amides is 10. The molecule has 0 radical (unpaired) electrons. The van der Waals surface area contributed by atoms with Gasteiger partial charge < -0.3 is 60.1 Å². The maximum atomic E-state index is 15.2. The zero-order chi connectivity index (χ0) is 65.7. The first-order chi connectivity index (χ1) is 39.2. The maximum Gasteiger partial charge on any atom is 0.246 e. The molecule has 0 aromatic rings. The third kappa shape index (κ3) is 19.6. The number of aliphatic hydroxyl groups is 1. The second kappa shape index (κ2) is 32.9. The molecule has 2 fully saturated rings. The molecule has 486 valence electrons. The molecule has 23 heteroatoms. The lowest BCUT2D eigenvalue weighted by Gasteiger charge is -2.41. The van der Waals surface area contributed by atoms with Gasteiger partial charge in [0.2, 0.25) is 59.1 Å². The predicted molar refractivity (Wildman–Crippen MR) is 324 cm³/mol. The van der Waals surface area contributed by atoms with Crippen LogP contribution in [-0.2, 0) is 57.5 Å². The Morgan fingerprint density at radius 3 is 1.32 bits per heavy atom. The first kappa shape index (κ1) is 75.4. The summed E-state index contributed by atoms with van der Waals surface area (Å²) in [6.07, 6.45) is -1.85. The number of carbonyl (C=O) groups is 11. The summed E-state index contributed by atoms with van der Waals surface area (Å²) in [4.78, 5) is 170. The van der Waals surface area contributed by atoms with Gasteiger partial charge in [-0.1, -0.05) is 104 Å². The Morgan fingerprint density at radius 1 is 0.471 bits per heavy atom. The van der Waals surface area contributed by atoms with E-state index in [-0.39, 0.29) is 68.6 Å². The number of ketones is 1. The summed E-state index contributed by atoms with van der Waals surface area (Å²) in [5.74, 6) is -9.87. The molecule has 2 rings (SSSR count). The lowest BCUT2D eigenvalue weighted by molar-refractivity contribution is -0.161. The number of hydrogen-bond donors (Lipinski definition) is 4. The van der Waals surface area contributed by atoms with Gasteiger partial charge in [-0.2, -0.15) is 0 Å². The van der Waals surface area contributed by atoms with Crippen LogP contribution in [0.15, 0.2) is 0 Å². The summed E-state index contributed by atoms with van der Waals surface area (Å²) < 4.78 is 5.94. The summed E-state index contributed by atoms with van der Waals surface area (Å²) in [5.41, 5.74) is 0. The van der Waals surface area contributed by atoms with E-state index < -0.39 is 161 Å². The Balaban J connectivity index is 2.97. The quantitative estimate of drug-likeness (QED) is 0.218. The Bertz CT molecular complexity index is 2350. The summed E-state index contributed by atoms with van der Waals surface area (Å²) >= 11 is 0. The van der Waals surface area contributed by atoms with Gasteiger partial charge in [-0.05, 0) is 87.4 Å². The molecule has 0 aliphatic carbocycles. The largest absolute Gasteiger partial charge is 0.368 e. The smallest absolute Gasteiger partial charge is 0.246 e. The van der Waals surface area contributed by atoms with Gasteiger partial charge in [0.05, 0.1) is 12.1 Å². The SMILES string of the molecule is CC[C@H]1NC(=O)[C@@H]([C@@H]2OC(O)C[C@H]2C)N(C)C(=O)[C@@H](C(C)C)N(C)C(=O)[C@@H](CC(C)C)N(C)C(=O)[C@H](CC(C)C)N(C)C(=O)[C@H](C)CC(=O)[C@@H](C)NC(=O)[C@@H](CC(C)C)N(C)C(=O)[C@@H](C(C)C)NC(=O)[C@H](CC(C)C)N(C)C(=O)[C@@H](C)N(C)C1=O. The van der Waals surface area contributed by atoms with Gasteiger partial charge in [0.25, 0.3) is 0 Å². The monoisotopic (exact) mass is 1200 g/mol. The molecular weight excluding hydrogens is 1090 g/mol. The molecule has 1 unspecified atom stereocenters.